The molecule has 0 amide bonds. The molecule has 0 unspecified atom stereocenters. The van der Waals surface area contributed by atoms with Gasteiger partial charge in [-0.2, -0.15) is 0 Å². The molecule has 0 aromatic heterocycles. The van der Waals surface area contributed by atoms with Crippen molar-refractivity contribution in [1.29, 1.82) is 0 Å². The van der Waals surface area contributed by atoms with Crippen molar-refractivity contribution in [3.8, 4) is 0 Å². The van der Waals surface area contributed by atoms with Gasteiger partial charge >= 0.3 is 20.4 Å². The van der Waals surface area contributed by atoms with Crippen LogP contribution >= 0.6 is 0 Å². The van der Waals surface area contributed by atoms with Gasteiger partial charge in [0.25, 0.3) is 0 Å². The number of aliphatic carboxylic acids is 2. The van der Waals surface area contributed by atoms with Gasteiger partial charge in [0.1, 0.15) is 0 Å². The predicted molar refractivity (Wildman–Crippen MR) is 18.6 cm³/mol. The number of carbonyl (C=O) groups is 2. The van der Waals surface area contributed by atoms with E-state index in [1.807, 2.05) is 0 Å². The van der Waals surface area contributed by atoms with Crippen molar-refractivity contribution in [1.82, 2.24) is 24.6 Å². The Morgan fingerprint density at radius 2 is 0.818 bits per heavy atom. The van der Waals surface area contributed by atoms with Gasteiger partial charge in [0.15, 0.2) is 0 Å². The topological polar surface area (TPSA) is 202 Å². The predicted octanol–water partition coefficient (Wildman–Crippen LogP) is -5.44. The molecule has 0 atom stereocenters. The summed E-state index contributed by atoms with van der Waals surface area (Å²) >= 11 is 0. The number of rotatable bonds is 0. The third-order valence-corrected chi connectivity index (χ3v) is 0.167. The van der Waals surface area contributed by atoms with E-state index in [-0.39, 0.29) is 45.0 Å². The van der Waals surface area contributed by atoms with Crippen LogP contribution in [0.1, 0.15) is 0 Å². The van der Waals surface area contributed by atoms with E-state index in [2.05, 4.69) is 0 Å². The van der Waals surface area contributed by atoms with Gasteiger partial charge in [0.2, 0.25) is 0 Å². The fraction of sp³-hybridized carbons (Fsp3) is 0. The summed E-state index contributed by atoms with van der Waals surface area (Å²) in [6, 6.07) is 0. The fourth-order valence-corrected chi connectivity index (χ4v) is 0. The monoisotopic (exact) mass is 250 g/mol. The molecule has 0 heterocycles. The molecule has 0 aromatic rings. The SMILES string of the molecule is O=C([O-])C(=O)[O-].[N].[N].[N].[N].[Pd+2]. The summed E-state index contributed by atoms with van der Waals surface area (Å²) in [5.74, 6) is -4.37. The smallest absolute Gasteiger partial charge is 0.543 e. The van der Waals surface area contributed by atoms with E-state index in [1.54, 1.807) is 0 Å². The van der Waals surface area contributed by atoms with Crippen LogP contribution in [0.2, 0.25) is 0 Å². The Hall–Kier alpha value is -0.558. The Morgan fingerprint density at radius 1 is 0.727 bits per heavy atom. The van der Waals surface area contributed by atoms with E-state index in [0.29, 0.717) is 0 Å². The summed E-state index contributed by atoms with van der Waals surface area (Å²) in [6.45, 7) is 0. The number of hydrogen-bond acceptors (Lipinski definition) is 4. The first-order valence-corrected chi connectivity index (χ1v) is 1.07. The average Bonchev–Trinajstić information content (AvgIpc) is 1.36. The minimum absolute atomic E-state index is 0. The molecule has 62 valence electrons. The summed E-state index contributed by atoms with van der Waals surface area (Å²) in [5.41, 5.74) is 0. The van der Waals surface area contributed by atoms with Gasteiger partial charge in [-0.1, -0.05) is 0 Å². The molecule has 9 heteroatoms. The van der Waals surface area contributed by atoms with Crippen LogP contribution in [0, 0.1) is 0 Å². The van der Waals surface area contributed by atoms with E-state index in [0.717, 1.165) is 0 Å². The molecule has 0 aliphatic carbocycles. The normalized spacial score (nSPS) is 4.00. The molecule has 0 rings (SSSR count). The quantitative estimate of drug-likeness (QED) is 0.305. The maximum absolute atomic E-state index is 8.93. The molecule has 0 bridgehead atoms. The zero-order valence-electron chi connectivity index (χ0n) is 4.74. The van der Waals surface area contributed by atoms with Crippen molar-refractivity contribution in [2.75, 3.05) is 0 Å². The summed E-state index contributed by atoms with van der Waals surface area (Å²) < 4.78 is 0. The molecule has 0 aliphatic heterocycles. The molecule has 0 saturated carbocycles. The third kappa shape index (κ3) is 44.1. The minimum atomic E-state index is -2.19. The molecular weight excluding hydrogens is 250 g/mol. The second-order valence-corrected chi connectivity index (χ2v) is 0.575. The van der Waals surface area contributed by atoms with Gasteiger partial charge < -0.3 is 19.8 Å². The van der Waals surface area contributed by atoms with Crippen molar-refractivity contribution in [3.05, 3.63) is 0 Å². The van der Waals surface area contributed by atoms with Crippen LogP contribution in [0.5, 0.6) is 0 Å². The first-order valence-electron chi connectivity index (χ1n) is 1.07. The second-order valence-electron chi connectivity index (χ2n) is 0.575. The second kappa shape index (κ2) is 22.7. The van der Waals surface area contributed by atoms with Crippen LogP contribution < -0.4 is 34.8 Å². The fourth-order valence-electron chi connectivity index (χ4n) is 0. The van der Waals surface area contributed by atoms with Gasteiger partial charge in [0.05, 0.1) is 11.9 Å². The van der Waals surface area contributed by atoms with Gasteiger partial charge in [-0.3, -0.25) is 0 Å². The molecular formula is C2N4O4Pd. The van der Waals surface area contributed by atoms with Crippen molar-refractivity contribution in [2.45, 2.75) is 0 Å². The molecule has 0 spiro atoms. The Labute approximate surface area is 77.3 Å². The summed E-state index contributed by atoms with van der Waals surface area (Å²) in [7, 11) is 0. The van der Waals surface area contributed by atoms with Crippen LogP contribution in [-0.4, -0.2) is 11.9 Å². The van der Waals surface area contributed by atoms with Crippen molar-refractivity contribution >= 4 is 11.9 Å². The number of carboxylic acids is 2. The van der Waals surface area contributed by atoms with E-state index in [1.165, 1.54) is 0 Å². The largest absolute Gasteiger partial charge is 2.00 e. The van der Waals surface area contributed by atoms with Crippen molar-refractivity contribution in [2.24, 2.45) is 0 Å². The van der Waals surface area contributed by atoms with Crippen LogP contribution in [0.25, 0.3) is 0 Å². The van der Waals surface area contributed by atoms with Gasteiger partial charge in [-0.25, -0.2) is 0 Å². The Balaban J connectivity index is -0.0000000125. The van der Waals surface area contributed by atoms with Gasteiger partial charge in [-0.05, 0) is 0 Å². The summed E-state index contributed by atoms with van der Waals surface area (Å²) in [6.07, 6.45) is 0. The van der Waals surface area contributed by atoms with Crippen LogP contribution in [-0.2, 0) is 30.0 Å². The van der Waals surface area contributed by atoms with Crippen molar-refractivity contribution in [3.63, 3.8) is 0 Å². The molecule has 0 N–H and O–H groups in total. The summed E-state index contributed by atoms with van der Waals surface area (Å²) in [4.78, 5) is 17.9. The molecule has 0 saturated heterocycles. The molecule has 0 aliphatic rings. The van der Waals surface area contributed by atoms with Crippen LogP contribution in [0.3, 0.4) is 0 Å². The Kier molecular flexibility index (Phi) is 97.4. The van der Waals surface area contributed by atoms with Crippen molar-refractivity contribution < 1.29 is 40.2 Å². The molecule has 0 fully saturated rings. The van der Waals surface area contributed by atoms with E-state index in [4.69, 9.17) is 19.8 Å². The zero-order chi connectivity index (χ0) is 5.15. The Bertz CT molecular complexity index is 86.1. The average molecular weight is 250 g/mol. The van der Waals surface area contributed by atoms with Crippen LogP contribution in [0.4, 0.5) is 0 Å². The standard InChI is InChI=1S/C2H2O4.4N.Pd/c3-1(4)2(5)6;;;;;/h(H,3,4)(H,5,6);;;;;/q;;;;;+2/p-2. The number of hydrogen-bond donors (Lipinski definition) is 0. The van der Waals surface area contributed by atoms with Crippen LogP contribution in [0.15, 0.2) is 0 Å². The molecule has 0 aromatic carbocycles. The molecule has 8 nitrogen and oxygen atoms in total. The maximum atomic E-state index is 8.93. The Morgan fingerprint density at radius 3 is 0.818 bits per heavy atom. The molecule has 12 radical (unpaired) electrons. The van der Waals surface area contributed by atoms with Gasteiger partial charge in [-0.15, -0.1) is 0 Å². The first-order chi connectivity index (χ1) is 2.64. The summed E-state index contributed by atoms with van der Waals surface area (Å²) in [5, 5.41) is 17.9. The maximum Gasteiger partial charge on any atom is 2.00 e. The van der Waals surface area contributed by atoms with E-state index < -0.39 is 11.9 Å². The zero-order valence-corrected chi connectivity index (χ0v) is 6.29. The van der Waals surface area contributed by atoms with E-state index >= 15 is 0 Å². The first kappa shape index (κ1) is 47.2. The number of carbonyl (C=O) groups excluding carboxylic acids is 2. The third-order valence-electron chi connectivity index (χ3n) is 0.167. The molecule has 11 heavy (non-hydrogen) atoms. The minimum Gasteiger partial charge on any atom is -0.543 e. The number of nitrogens with zero attached hydrogens (tertiary/aromatic N) is 4. The van der Waals surface area contributed by atoms with Gasteiger partial charge in [0, 0.05) is 24.6 Å². The number of carboxylic acid groups (broad SMARTS) is 2. The van der Waals surface area contributed by atoms with E-state index in [9.17, 15) is 0 Å².